The van der Waals surface area contributed by atoms with E-state index in [4.69, 9.17) is 10.3 Å². The fourth-order valence-electron chi connectivity index (χ4n) is 1.61. The first-order chi connectivity index (χ1) is 8.11. The van der Waals surface area contributed by atoms with Crippen LogP contribution in [0.4, 0.5) is 0 Å². The molecule has 1 aromatic rings. The zero-order chi connectivity index (χ0) is 12.4. The summed E-state index contributed by atoms with van der Waals surface area (Å²) in [4.78, 5) is 15.8. The first kappa shape index (κ1) is 12.0. The summed E-state index contributed by atoms with van der Waals surface area (Å²) in [5.41, 5.74) is 5.65. The van der Waals surface area contributed by atoms with Gasteiger partial charge < -0.3 is 15.6 Å². The first-order valence-corrected chi connectivity index (χ1v) is 5.96. The molecular formula is C11H18N4O2. The fourth-order valence-corrected chi connectivity index (χ4v) is 1.61. The third-order valence-corrected chi connectivity index (χ3v) is 2.93. The summed E-state index contributed by atoms with van der Waals surface area (Å²) in [6.07, 6.45) is 2.07. The maximum Gasteiger partial charge on any atom is 0.292 e. The smallest absolute Gasteiger partial charge is 0.292 e. The number of hydrogen-bond acceptors (Lipinski definition) is 5. The van der Waals surface area contributed by atoms with E-state index in [1.165, 1.54) is 0 Å². The number of nitrogens with two attached hydrogens (primary N) is 1. The van der Waals surface area contributed by atoms with Gasteiger partial charge in [-0.1, -0.05) is 19.0 Å². The number of nitrogens with zero attached hydrogens (tertiary/aromatic N) is 2. The Kier molecular flexibility index (Phi) is 3.42. The minimum Gasteiger partial charge on any atom is -0.346 e. The van der Waals surface area contributed by atoms with Gasteiger partial charge in [0.15, 0.2) is 0 Å². The zero-order valence-corrected chi connectivity index (χ0v) is 10.1. The second-order valence-electron chi connectivity index (χ2n) is 4.79. The van der Waals surface area contributed by atoms with Crippen molar-refractivity contribution in [2.24, 2.45) is 11.7 Å². The van der Waals surface area contributed by atoms with Crippen molar-refractivity contribution in [2.45, 2.75) is 38.6 Å². The SMILES string of the molecule is CC(C)C(CN)c1nc(C(=O)NC2CC2)no1. The lowest BCUT2D eigenvalue weighted by molar-refractivity contribution is 0.0937. The molecule has 1 heterocycles. The topological polar surface area (TPSA) is 94.0 Å². The van der Waals surface area contributed by atoms with E-state index in [-0.39, 0.29) is 17.6 Å². The Labute approximate surface area is 99.9 Å². The van der Waals surface area contributed by atoms with E-state index in [1.54, 1.807) is 0 Å². The van der Waals surface area contributed by atoms with Crippen molar-refractivity contribution in [1.82, 2.24) is 15.5 Å². The van der Waals surface area contributed by atoms with Gasteiger partial charge in [0, 0.05) is 12.6 Å². The van der Waals surface area contributed by atoms with Crippen molar-refractivity contribution in [2.75, 3.05) is 6.54 Å². The molecule has 0 saturated heterocycles. The molecule has 2 rings (SSSR count). The summed E-state index contributed by atoms with van der Waals surface area (Å²) in [5.74, 6) is 0.598. The highest BCUT2D eigenvalue weighted by Crippen LogP contribution is 2.22. The molecule has 1 aromatic heterocycles. The van der Waals surface area contributed by atoms with Crippen molar-refractivity contribution >= 4 is 5.91 Å². The van der Waals surface area contributed by atoms with Gasteiger partial charge in [0.2, 0.25) is 5.89 Å². The molecule has 1 aliphatic carbocycles. The number of aromatic nitrogens is 2. The molecule has 0 bridgehead atoms. The molecule has 1 amide bonds. The average molecular weight is 238 g/mol. The van der Waals surface area contributed by atoms with Gasteiger partial charge in [-0.3, -0.25) is 4.79 Å². The van der Waals surface area contributed by atoms with Gasteiger partial charge in [-0.25, -0.2) is 0 Å². The average Bonchev–Trinajstić information content (AvgIpc) is 2.95. The van der Waals surface area contributed by atoms with E-state index < -0.39 is 0 Å². The number of hydrogen-bond donors (Lipinski definition) is 2. The zero-order valence-electron chi connectivity index (χ0n) is 10.1. The summed E-state index contributed by atoms with van der Waals surface area (Å²) >= 11 is 0. The Morgan fingerprint density at radius 2 is 2.29 bits per heavy atom. The molecule has 1 fully saturated rings. The van der Waals surface area contributed by atoms with Crippen LogP contribution >= 0.6 is 0 Å². The quantitative estimate of drug-likeness (QED) is 0.785. The summed E-state index contributed by atoms with van der Waals surface area (Å²) in [7, 11) is 0. The molecule has 6 heteroatoms. The van der Waals surface area contributed by atoms with E-state index in [0.717, 1.165) is 12.8 Å². The van der Waals surface area contributed by atoms with E-state index in [1.807, 2.05) is 13.8 Å². The normalized spacial score (nSPS) is 17.2. The summed E-state index contributed by atoms with van der Waals surface area (Å²) < 4.78 is 5.10. The lowest BCUT2D eigenvalue weighted by atomic mass is 9.96. The molecule has 94 valence electrons. The Balaban J connectivity index is 2.05. The van der Waals surface area contributed by atoms with Crippen LogP contribution in [0.5, 0.6) is 0 Å². The lowest BCUT2D eigenvalue weighted by Gasteiger charge is -2.13. The molecule has 1 aliphatic rings. The van der Waals surface area contributed by atoms with Crippen LogP contribution in [0.3, 0.4) is 0 Å². The fraction of sp³-hybridized carbons (Fsp3) is 0.727. The third kappa shape index (κ3) is 2.82. The lowest BCUT2D eigenvalue weighted by Crippen LogP contribution is -2.26. The molecule has 1 atom stereocenters. The van der Waals surface area contributed by atoms with E-state index in [2.05, 4.69) is 15.5 Å². The molecular weight excluding hydrogens is 220 g/mol. The van der Waals surface area contributed by atoms with Gasteiger partial charge in [-0.2, -0.15) is 4.98 Å². The van der Waals surface area contributed by atoms with Crippen LogP contribution < -0.4 is 11.1 Å². The van der Waals surface area contributed by atoms with Crippen LogP contribution in [0.25, 0.3) is 0 Å². The van der Waals surface area contributed by atoms with Crippen LogP contribution in [0.2, 0.25) is 0 Å². The van der Waals surface area contributed by atoms with Gasteiger partial charge in [0.25, 0.3) is 11.7 Å². The van der Waals surface area contributed by atoms with E-state index in [0.29, 0.717) is 24.4 Å². The van der Waals surface area contributed by atoms with Crippen LogP contribution in [0.1, 0.15) is 49.1 Å². The van der Waals surface area contributed by atoms with Crippen LogP contribution in [-0.2, 0) is 0 Å². The highest BCUT2D eigenvalue weighted by atomic mass is 16.5. The van der Waals surface area contributed by atoms with Gasteiger partial charge in [0.05, 0.1) is 5.92 Å². The highest BCUT2D eigenvalue weighted by molar-refractivity contribution is 5.90. The van der Waals surface area contributed by atoms with Gasteiger partial charge >= 0.3 is 0 Å². The molecule has 17 heavy (non-hydrogen) atoms. The number of rotatable bonds is 5. The number of amides is 1. The number of carbonyl (C=O) groups excluding carboxylic acids is 1. The minimum atomic E-state index is -0.262. The predicted octanol–water partition coefficient (Wildman–Crippen LogP) is 0.660. The third-order valence-electron chi connectivity index (χ3n) is 2.93. The molecule has 6 nitrogen and oxygen atoms in total. The first-order valence-electron chi connectivity index (χ1n) is 5.96. The minimum absolute atomic E-state index is 0.00461. The van der Waals surface area contributed by atoms with Crippen molar-refractivity contribution in [3.63, 3.8) is 0 Å². The second kappa shape index (κ2) is 4.83. The molecule has 3 N–H and O–H groups in total. The highest BCUT2D eigenvalue weighted by Gasteiger charge is 2.27. The monoisotopic (exact) mass is 238 g/mol. The second-order valence-corrected chi connectivity index (χ2v) is 4.79. The van der Waals surface area contributed by atoms with Crippen molar-refractivity contribution < 1.29 is 9.32 Å². The Morgan fingerprint density at radius 1 is 1.59 bits per heavy atom. The van der Waals surface area contributed by atoms with Crippen molar-refractivity contribution in [3.8, 4) is 0 Å². The largest absolute Gasteiger partial charge is 0.346 e. The molecule has 1 unspecified atom stereocenters. The van der Waals surface area contributed by atoms with Gasteiger partial charge in [0.1, 0.15) is 0 Å². The Hall–Kier alpha value is -1.43. The predicted molar refractivity (Wildman–Crippen MR) is 61.4 cm³/mol. The van der Waals surface area contributed by atoms with Crippen LogP contribution in [-0.4, -0.2) is 28.6 Å². The maximum atomic E-state index is 11.7. The van der Waals surface area contributed by atoms with Crippen molar-refractivity contribution in [1.29, 1.82) is 0 Å². The van der Waals surface area contributed by atoms with E-state index in [9.17, 15) is 4.79 Å². The number of nitrogens with one attached hydrogen (secondary N) is 1. The molecule has 0 radical (unpaired) electrons. The maximum absolute atomic E-state index is 11.7. The van der Waals surface area contributed by atoms with Crippen LogP contribution in [0.15, 0.2) is 4.52 Å². The molecule has 1 saturated carbocycles. The van der Waals surface area contributed by atoms with E-state index >= 15 is 0 Å². The summed E-state index contributed by atoms with van der Waals surface area (Å²) in [6.45, 7) is 4.50. The molecule has 0 spiro atoms. The van der Waals surface area contributed by atoms with Gasteiger partial charge in [-0.15, -0.1) is 0 Å². The summed E-state index contributed by atoms with van der Waals surface area (Å²) in [5, 5.41) is 6.51. The number of carbonyl (C=O) groups is 1. The van der Waals surface area contributed by atoms with Gasteiger partial charge in [-0.05, 0) is 18.8 Å². The Morgan fingerprint density at radius 3 is 2.82 bits per heavy atom. The molecule has 0 aliphatic heterocycles. The van der Waals surface area contributed by atoms with Crippen LogP contribution in [0, 0.1) is 5.92 Å². The summed E-state index contributed by atoms with van der Waals surface area (Å²) in [6, 6.07) is 0.292. The molecule has 0 aromatic carbocycles. The Bertz CT molecular complexity index is 398. The van der Waals surface area contributed by atoms with Crippen molar-refractivity contribution in [3.05, 3.63) is 11.7 Å². The standard InChI is InChI=1S/C11H18N4O2/c1-6(2)8(5-12)11-14-9(15-17-11)10(16)13-7-3-4-7/h6-8H,3-5,12H2,1-2H3,(H,13,16).